The van der Waals surface area contributed by atoms with Gasteiger partial charge in [0.25, 0.3) is 0 Å². The SMILES string of the molecule is CCNc1ccc(-c2cc(Cc3cccc(Br)c3)c(C#N)c(N)n2)cc1. The average molecular weight is 407 g/mol. The second-order valence-corrected chi connectivity index (χ2v) is 6.87. The summed E-state index contributed by atoms with van der Waals surface area (Å²) in [5, 5.41) is 12.8. The van der Waals surface area contributed by atoms with Gasteiger partial charge in [-0.25, -0.2) is 4.98 Å². The summed E-state index contributed by atoms with van der Waals surface area (Å²) in [6.45, 7) is 2.93. The summed E-state index contributed by atoms with van der Waals surface area (Å²) in [7, 11) is 0. The fourth-order valence-corrected chi connectivity index (χ4v) is 3.31. The molecule has 0 fully saturated rings. The molecule has 0 saturated carbocycles. The van der Waals surface area contributed by atoms with Crippen molar-refractivity contribution in [2.45, 2.75) is 13.3 Å². The first-order valence-corrected chi connectivity index (χ1v) is 9.18. The number of aromatic nitrogens is 1. The molecular weight excluding hydrogens is 388 g/mol. The summed E-state index contributed by atoms with van der Waals surface area (Å²) >= 11 is 3.49. The van der Waals surface area contributed by atoms with Crippen molar-refractivity contribution >= 4 is 27.4 Å². The third-order valence-corrected chi connectivity index (χ3v) is 4.58. The van der Waals surface area contributed by atoms with Crippen LogP contribution in [0.1, 0.15) is 23.6 Å². The van der Waals surface area contributed by atoms with E-state index in [9.17, 15) is 5.26 Å². The summed E-state index contributed by atoms with van der Waals surface area (Å²) in [4.78, 5) is 4.44. The van der Waals surface area contributed by atoms with Crippen LogP contribution in [0, 0.1) is 11.3 Å². The second kappa shape index (κ2) is 8.03. The van der Waals surface area contributed by atoms with E-state index in [0.29, 0.717) is 12.0 Å². The number of anilines is 2. The Labute approximate surface area is 161 Å². The molecule has 3 aromatic rings. The van der Waals surface area contributed by atoms with Crippen LogP contribution < -0.4 is 11.1 Å². The minimum absolute atomic E-state index is 0.269. The third kappa shape index (κ3) is 4.04. The number of nitrogens with one attached hydrogen (secondary N) is 1. The van der Waals surface area contributed by atoms with Gasteiger partial charge in [0, 0.05) is 22.3 Å². The van der Waals surface area contributed by atoms with Crippen LogP contribution in [0.2, 0.25) is 0 Å². The zero-order chi connectivity index (χ0) is 18.5. The lowest BCUT2D eigenvalue weighted by molar-refractivity contribution is 1.15. The first kappa shape index (κ1) is 18.0. The lowest BCUT2D eigenvalue weighted by Gasteiger charge is -2.11. The van der Waals surface area contributed by atoms with Gasteiger partial charge in [0.05, 0.1) is 11.3 Å². The van der Waals surface area contributed by atoms with E-state index in [-0.39, 0.29) is 5.82 Å². The molecule has 2 aromatic carbocycles. The highest BCUT2D eigenvalue weighted by atomic mass is 79.9. The molecule has 1 aromatic heterocycles. The van der Waals surface area contributed by atoms with Crippen molar-refractivity contribution in [3.63, 3.8) is 0 Å². The van der Waals surface area contributed by atoms with E-state index >= 15 is 0 Å². The van der Waals surface area contributed by atoms with Gasteiger partial charge in [-0.1, -0.05) is 40.2 Å². The molecule has 0 atom stereocenters. The molecule has 0 saturated heterocycles. The number of hydrogen-bond donors (Lipinski definition) is 2. The van der Waals surface area contributed by atoms with Crippen LogP contribution >= 0.6 is 15.9 Å². The van der Waals surface area contributed by atoms with Crippen molar-refractivity contribution in [1.29, 1.82) is 5.26 Å². The monoisotopic (exact) mass is 406 g/mol. The molecular formula is C21H19BrN4. The van der Waals surface area contributed by atoms with Crippen LogP contribution in [-0.4, -0.2) is 11.5 Å². The van der Waals surface area contributed by atoms with Crippen LogP contribution in [0.4, 0.5) is 11.5 Å². The zero-order valence-corrected chi connectivity index (χ0v) is 16.0. The van der Waals surface area contributed by atoms with Crippen molar-refractivity contribution in [2.24, 2.45) is 0 Å². The van der Waals surface area contributed by atoms with E-state index in [2.05, 4.69) is 39.2 Å². The molecule has 0 aliphatic carbocycles. The Bertz CT molecular complexity index is 959. The summed E-state index contributed by atoms with van der Waals surface area (Å²) in [6.07, 6.45) is 0.623. The minimum atomic E-state index is 0.269. The van der Waals surface area contributed by atoms with E-state index in [1.807, 2.05) is 54.6 Å². The molecule has 0 spiro atoms. The van der Waals surface area contributed by atoms with E-state index in [1.165, 1.54) is 0 Å². The predicted molar refractivity (Wildman–Crippen MR) is 110 cm³/mol. The van der Waals surface area contributed by atoms with Gasteiger partial charge < -0.3 is 11.1 Å². The Morgan fingerprint density at radius 1 is 1.15 bits per heavy atom. The van der Waals surface area contributed by atoms with Crippen molar-refractivity contribution < 1.29 is 0 Å². The van der Waals surface area contributed by atoms with Crippen LogP contribution in [0.25, 0.3) is 11.3 Å². The maximum absolute atomic E-state index is 9.50. The van der Waals surface area contributed by atoms with Crippen molar-refractivity contribution in [3.8, 4) is 17.3 Å². The molecule has 0 bridgehead atoms. The standard InChI is InChI=1S/C21H19BrN4/c1-2-25-18-8-6-15(7-9-18)20-12-16(19(13-23)21(24)26-20)10-14-4-3-5-17(22)11-14/h3-9,11-12,25H,2,10H2,1H3,(H2,24,26). The number of nitrogen functional groups attached to an aromatic ring is 1. The number of benzene rings is 2. The van der Waals surface area contributed by atoms with Gasteiger partial charge >= 0.3 is 0 Å². The highest BCUT2D eigenvalue weighted by Crippen LogP contribution is 2.27. The molecule has 0 radical (unpaired) electrons. The molecule has 0 aliphatic heterocycles. The van der Waals surface area contributed by atoms with E-state index in [4.69, 9.17) is 5.73 Å². The quantitative estimate of drug-likeness (QED) is 0.625. The van der Waals surface area contributed by atoms with Gasteiger partial charge in [-0.3, -0.25) is 0 Å². The Hall–Kier alpha value is -2.84. The van der Waals surface area contributed by atoms with Crippen LogP contribution in [0.3, 0.4) is 0 Å². The van der Waals surface area contributed by atoms with Crippen LogP contribution in [0.5, 0.6) is 0 Å². The highest BCUT2D eigenvalue weighted by molar-refractivity contribution is 9.10. The fourth-order valence-electron chi connectivity index (χ4n) is 2.87. The molecule has 0 aliphatic rings. The Morgan fingerprint density at radius 3 is 2.58 bits per heavy atom. The number of hydrogen-bond acceptors (Lipinski definition) is 4. The summed E-state index contributed by atoms with van der Waals surface area (Å²) in [5.74, 6) is 0.269. The minimum Gasteiger partial charge on any atom is -0.385 e. The molecule has 26 heavy (non-hydrogen) atoms. The number of pyridine rings is 1. The maximum Gasteiger partial charge on any atom is 0.142 e. The molecule has 3 N–H and O–H groups in total. The van der Waals surface area contributed by atoms with Gasteiger partial charge in [-0.05, 0) is 54.8 Å². The van der Waals surface area contributed by atoms with Crippen molar-refractivity contribution in [3.05, 3.63) is 75.8 Å². The Balaban J connectivity index is 2.00. The van der Waals surface area contributed by atoms with Gasteiger partial charge in [0.15, 0.2) is 0 Å². The van der Waals surface area contributed by atoms with Gasteiger partial charge in [0.2, 0.25) is 0 Å². The summed E-state index contributed by atoms with van der Waals surface area (Å²) in [5.41, 5.74) is 11.3. The number of nitrogens with two attached hydrogens (primary N) is 1. The van der Waals surface area contributed by atoms with Crippen LogP contribution in [-0.2, 0) is 6.42 Å². The Morgan fingerprint density at radius 2 is 1.92 bits per heavy atom. The first-order valence-electron chi connectivity index (χ1n) is 8.39. The van der Waals surface area contributed by atoms with E-state index < -0.39 is 0 Å². The summed E-state index contributed by atoms with van der Waals surface area (Å²) in [6, 6.07) is 20.2. The van der Waals surface area contributed by atoms with Crippen molar-refractivity contribution in [2.75, 3.05) is 17.6 Å². The second-order valence-electron chi connectivity index (χ2n) is 5.95. The predicted octanol–water partition coefficient (Wildman–Crippen LogP) is 4.99. The van der Waals surface area contributed by atoms with E-state index in [0.717, 1.165) is 39.1 Å². The molecule has 130 valence electrons. The highest BCUT2D eigenvalue weighted by Gasteiger charge is 2.12. The molecule has 5 heteroatoms. The van der Waals surface area contributed by atoms with Gasteiger partial charge in [-0.15, -0.1) is 0 Å². The molecule has 0 unspecified atom stereocenters. The number of nitrogens with zero attached hydrogens (tertiary/aromatic N) is 2. The van der Waals surface area contributed by atoms with Crippen LogP contribution in [0.15, 0.2) is 59.1 Å². The molecule has 4 nitrogen and oxygen atoms in total. The fraction of sp³-hybridized carbons (Fsp3) is 0.143. The lowest BCUT2D eigenvalue weighted by atomic mass is 9.98. The number of halogens is 1. The number of rotatable bonds is 5. The topological polar surface area (TPSA) is 74.7 Å². The van der Waals surface area contributed by atoms with Gasteiger partial charge in [0.1, 0.15) is 11.9 Å². The zero-order valence-electron chi connectivity index (χ0n) is 14.5. The third-order valence-electron chi connectivity index (χ3n) is 4.09. The smallest absolute Gasteiger partial charge is 0.142 e. The lowest BCUT2D eigenvalue weighted by Crippen LogP contribution is -2.03. The molecule has 0 amide bonds. The maximum atomic E-state index is 9.50. The first-order chi connectivity index (χ1) is 12.6. The van der Waals surface area contributed by atoms with Gasteiger partial charge in [-0.2, -0.15) is 5.26 Å². The molecule has 1 heterocycles. The average Bonchev–Trinajstić information content (AvgIpc) is 2.62. The molecule has 3 rings (SSSR count). The summed E-state index contributed by atoms with van der Waals surface area (Å²) < 4.78 is 1.01. The Kier molecular flexibility index (Phi) is 5.55. The van der Waals surface area contributed by atoms with E-state index in [1.54, 1.807) is 0 Å². The van der Waals surface area contributed by atoms with Crippen molar-refractivity contribution in [1.82, 2.24) is 4.98 Å². The number of nitriles is 1. The largest absolute Gasteiger partial charge is 0.385 e. The normalized spacial score (nSPS) is 10.3.